The highest BCUT2D eigenvalue weighted by Crippen LogP contribution is 2.58. The van der Waals surface area contributed by atoms with Crippen molar-refractivity contribution in [1.82, 2.24) is 0 Å². The Morgan fingerprint density at radius 2 is 0.871 bits per heavy atom. The average molecular weight is 819 g/mol. The van der Waals surface area contributed by atoms with Gasteiger partial charge in [-0.15, -0.1) is 0 Å². The summed E-state index contributed by atoms with van der Waals surface area (Å²) in [5.74, 6) is 0. The predicted molar refractivity (Wildman–Crippen MR) is 263 cm³/mol. The minimum atomic E-state index is -2.11. The SMILES string of the molecule is [2H]C([2H])([2H])c1ccc(-c2ccc3c(c2C)-c2cc4ccccc4cc2C(C)(C)C3(C)C)[n+](C)c1.[2H]C([2H])([2H])c1ccc(-c2ccc3c(c2C)-c2ccc4ccccc4c2C(C)(C)C3(C)C)[n+](C)c1. The zero-order valence-electron chi connectivity index (χ0n) is 44.6. The highest BCUT2D eigenvalue weighted by Gasteiger charge is 2.48. The fourth-order valence-corrected chi connectivity index (χ4v) is 10.9. The summed E-state index contributed by atoms with van der Waals surface area (Å²) in [6, 6.07) is 42.9. The van der Waals surface area contributed by atoms with E-state index < -0.39 is 13.7 Å². The topological polar surface area (TPSA) is 7.76 Å². The quantitative estimate of drug-likeness (QED) is 0.154. The predicted octanol–water partition coefficient (Wildman–Crippen LogP) is 14.4. The number of aryl methyl sites for hydroxylation is 4. The second kappa shape index (κ2) is 14.3. The third-order valence-electron chi connectivity index (χ3n) is 15.9. The number of benzene rings is 6. The smallest absolute Gasteiger partial charge is 0.201 e. The fraction of sp³-hybridized carbons (Fsp3) is 0.300. The van der Waals surface area contributed by atoms with Crippen LogP contribution in [0, 0.1) is 27.6 Å². The molecule has 0 N–H and O–H groups in total. The summed E-state index contributed by atoms with van der Waals surface area (Å²) >= 11 is 0. The van der Waals surface area contributed by atoms with Crippen LogP contribution >= 0.6 is 0 Å². The van der Waals surface area contributed by atoms with E-state index in [1.807, 2.05) is 35.4 Å². The minimum absolute atomic E-state index is 0.0423. The Balaban J connectivity index is 0.000000170. The van der Waals surface area contributed by atoms with Crippen LogP contribution in [-0.4, -0.2) is 0 Å². The molecule has 8 aromatic rings. The largest absolute Gasteiger partial charge is 0.212 e. The molecule has 0 fully saturated rings. The van der Waals surface area contributed by atoms with Gasteiger partial charge in [-0.05, 0) is 157 Å². The van der Waals surface area contributed by atoms with Gasteiger partial charge in [-0.25, -0.2) is 9.13 Å². The van der Waals surface area contributed by atoms with Crippen molar-refractivity contribution in [2.45, 2.75) is 105 Å². The third-order valence-corrected chi connectivity index (χ3v) is 15.9. The molecule has 2 aliphatic carbocycles. The molecule has 2 heteroatoms. The molecule has 0 spiro atoms. The van der Waals surface area contributed by atoms with E-state index in [1.54, 1.807) is 24.5 Å². The summed E-state index contributed by atoms with van der Waals surface area (Å²) in [7, 11) is 3.86. The minimum Gasteiger partial charge on any atom is -0.201 e. The number of rotatable bonds is 2. The van der Waals surface area contributed by atoms with E-state index in [2.05, 4.69) is 166 Å². The van der Waals surface area contributed by atoms with Crippen molar-refractivity contribution in [2.24, 2.45) is 14.1 Å². The molecule has 2 aliphatic rings. The summed E-state index contributed by atoms with van der Waals surface area (Å²) in [5, 5.41) is 5.12. The van der Waals surface area contributed by atoms with Gasteiger partial charge in [-0.2, -0.15) is 0 Å². The van der Waals surface area contributed by atoms with Crippen LogP contribution < -0.4 is 9.13 Å². The van der Waals surface area contributed by atoms with Crippen molar-refractivity contribution >= 4 is 21.5 Å². The average Bonchev–Trinajstić information content (AvgIpc) is 3.27. The van der Waals surface area contributed by atoms with Gasteiger partial charge in [0.15, 0.2) is 12.4 Å². The second-order valence-electron chi connectivity index (χ2n) is 20.1. The lowest BCUT2D eigenvalue weighted by molar-refractivity contribution is -0.660. The molecular formula is C60H64N2+2. The molecule has 0 atom stereocenters. The van der Waals surface area contributed by atoms with Gasteiger partial charge in [0.2, 0.25) is 11.4 Å². The first-order chi connectivity index (χ1) is 31.7. The number of hydrogen-bond donors (Lipinski definition) is 0. The maximum Gasteiger partial charge on any atom is 0.212 e. The molecule has 0 saturated heterocycles. The standard InChI is InChI=1S/2C30H32N/c1-19-12-17-26(31(7)18-19)22-15-16-25-27(20(22)2)24-14-13-21-10-8-9-11-23(21)28(24)30(5,6)29(25,3)4;1-19-12-15-27(31(7)18-19)23-13-14-25-28(20(23)2)24-16-21-10-8-9-11-22(21)17-26(24)30(5,6)29(25,3)4/h2*8-18H,1-7H3/q2*+1/i2*1D3. The lowest BCUT2D eigenvalue weighted by Gasteiger charge is -2.49. The summed E-state index contributed by atoms with van der Waals surface area (Å²) in [4.78, 5) is 0. The van der Waals surface area contributed by atoms with Crippen LogP contribution in [-0.2, 0) is 35.8 Å². The summed E-state index contributed by atoms with van der Waals surface area (Å²) in [6.45, 7) is 19.1. The van der Waals surface area contributed by atoms with Crippen molar-refractivity contribution in [2.75, 3.05) is 0 Å². The van der Waals surface area contributed by atoms with Crippen LogP contribution in [0.5, 0.6) is 0 Å². The Labute approximate surface area is 379 Å². The van der Waals surface area contributed by atoms with Gasteiger partial charge in [0, 0.05) is 48.0 Å². The number of fused-ring (bicyclic) bond motifs is 9. The number of pyridine rings is 2. The molecule has 312 valence electrons. The van der Waals surface area contributed by atoms with Crippen molar-refractivity contribution in [3.8, 4) is 44.8 Å². The lowest BCUT2D eigenvalue weighted by Crippen LogP contribution is -2.44. The normalized spacial score (nSPS) is 17.9. The first-order valence-electron chi connectivity index (χ1n) is 25.0. The lowest BCUT2D eigenvalue weighted by atomic mass is 9.54. The first-order valence-corrected chi connectivity index (χ1v) is 22.0. The molecular weight excluding hydrogens is 749 g/mol. The maximum atomic E-state index is 7.76. The van der Waals surface area contributed by atoms with Crippen molar-refractivity contribution < 1.29 is 17.4 Å². The van der Waals surface area contributed by atoms with Crippen LogP contribution in [0.4, 0.5) is 0 Å². The Bertz CT molecular complexity index is 3250. The van der Waals surface area contributed by atoms with E-state index in [1.165, 1.54) is 77.2 Å². The molecule has 0 bridgehead atoms. The van der Waals surface area contributed by atoms with E-state index in [9.17, 15) is 0 Å². The van der Waals surface area contributed by atoms with Gasteiger partial charge < -0.3 is 0 Å². The third kappa shape index (κ3) is 6.04. The Morgan fingerprint density at radius 3 is 1.40 bits per heavy atom. The summed E-state index contributed by atoms with van der Waals surface area (Å²) in [5.41, 5.74) is 18.0. The molecule has 2 heterocycles. The van der Waals surface area contributed by atoms with Crippen molar-refractivity contribution in [3.05, 3.63) is 178 Å². The molecule has 10 rings (SSSR count). The van der Waals surface area contributed by atoms with Crippen LogP contribution in [0.1, 0.15) is 108 Å². The van der Waals surface area contributed by atoms with Crippen molar-refractivity contribution in [3.63, 3.8) is 0 Å². The van der Waals surface area contributed by atoms with Gasteiger partial charge in [0.1, 0.15) is 14.1 Å². The number of hydrogen-bond acceptors (Lipinski definition) is 0. The summed E-state index contributed by atoms with van der Waals surface area (Å²) in [6.07, 6.45) is 3.46. The zero-order valence-corrected chi connectivity index (χ0v) is 38.6. The first kappa shape index (κ1) is 34.7. The van der Waals surface area contributed by atoms with Crippen LogP contribution in [0.25, 0.3) is 66.3 Å². The van der Waals surface area contributed by atoms with Crippen LogP contribution in [0.15, 0.2) is 134 Å². The molecule has 0 unspecified atom stereocenters. The monoisotopic (exact) mass is 819 g/mol. The molecule has 0 aliphatic heterocycles. The molecule has 62 heavy (non-hydrogen) atoms. The van der Waals surface area contributed by atoms with Gasteiger partial charge in [0.25, 0.3) is 0 Å². The van der Waals surface area contributed by atoms with E-state index in [4.69, 9.17) is 8.22 Å². The molecule has 0 saturated carbocycles. The molecule has 2 aromatic heterocycles. The second-order valence-corrected chi connectivity index (χ2v) is 20.1. The highest BCUT2D eigenvalue weighted by molar-refractivity contribution is 5.97. The number of nitrogens with zero attached hydrogens (tertiary/aromatic N) is 2. The van der Waals surface area contributed by atoms with Crippen LogP contribution in [0.3, 0.4) is 0 Å². The summed E-state index contributed by atoms with van der Waals surface area (Å²) < 4.78 is 50.4. The zero-order chi connectivity index (χ0) is 49.3. The highest BCUT2D eigenvalue weighted by atomic mass is 14.9. The van der Waals surface area contributed by atoms with E-state index in [-0.39, 0.29) is 21.7 Å². The van der Waals surface area contributed by atoms with E-state index in [0.29, 0.717) is 11.1 Å². The Hall–Kier alpha value is -5.86. The molecule has 0 radical (unpaired) electrons. The Kier molecular flexibility index (Phi) is 8.03. The van der Waals surface area contributed by atoms with Gasteiger partial charge in [-0.1, -0.05) is 128 Å². The number of aromatic nitrogens is 2. The van der Waals surface area contributed by atoms with Gasteiger partial charge in [-0.3, -0.25) is 0 Å². The van der Waals surface area contributed by atoms with Crippen molar-refractivity contribution in [1.29, 1.82) is 0 Å². The Morgan fingerprint density at radius 1 is 0.419 bits per heavy atom. The fourth-order valence-electron chi connectivity index (χ4n) is 10.9. The van der Waals surface area contributed by atoms with Gasteiger partial charge in [0.05, 0.1) is 0 Å². The maximum absolute atomic E-state index is 7.76. The van der Waals surface area contributed by atoms with Gasteiger partial charge >= 0.3 is 0 Å². The van der Waals surface area contributed by atoms with E-state index >= 15 is 0 Å². The molecule has 2 nitrogen and oxygen atoms in total. The molecule has 6 aromatic carbocycles. The van der Waals surface area contributed by atoms with Crippen LogP contribution in [0.2, 0.25) is 0 Å². The van der Waals surface area contributed by atoms with E-state index in [0.717, 1.165) is 22.5 Å². The molecule has 0 amide bonds.